The van der Waals surface area contributed by atoms with Crippen LogP contribution in [0.4, 0.5) is 13.2 Å². The number of nitrogens with two attached hydrogens (primary N) is 1. The fraction of sp³-hybridized carbons (Fsp3) is 0.250. The second-order valence-electron chi connectivity index (χ2n) is 2.62. The van der Waals surface area contributed by atoms with Gasteiger partial charge >= 0.3 is 0 Å². The summed E-state index contributed by atoms with van der Waals surface area (Å²) in [7, 11) is 0. The summed E-state index contributed by atoms with van der Waals surface area (Å²) in [4.78, 5) is 0. The van der Waals surface area contributed by atoms with Crippen LogP contribution >= 0.6 is 27.5 Å². The molecule has 0 aliphatic carbocycles. The number of hydrogen-bond donors (Lipinski definition) is 1. The molecule has 78 valence electrons. The molecule has 0 bridgehead atoms. The Kier molecular flexibility index (Phi) is 3.80. The van der Waals surface area contributed by atoms with Gasteiger partial charge in [0.05, 0.1) is 11.1 Å². The molecule has 1 aromatic carbocycles. The zero-order valence-electron chi connectivity index (χ0n) is 6.78. The van der Waals surface area contributed by atoms with Gasteiger partial charge in [0, 0.05) is 10.0 Å². The first-order chi connectivity index (χ1) is 6.45. The Hall–Kier alpha value is -0.260. The molecule has 0 amide bonds. The third kappa shape index (κ3) is 2.21. The first kappa shape index (κ1) is 11.8. The van der Waals surface area contributed by atoms with E-state index in [0.29, 0.717) is 0 Å². The van der Waals surface area contributed by atoms with Gasteiger partial charge in [-0.15, -0.1) is 0 Å². The Morgan fingerprint density at radius 2 is 1.93 bits per heavy atom. The van der Waals surface area contributed by atoms with E-state index in [2.05, 4.69) is 15.9 Å². The van der Waals surface area contributed by atoms with E-state index in [9.17, 15) is 13.2 Å². The van der Waals surface area contributed by atoms with Gasteiger partial charge in [0.2, 0.25) is 0 Å². The average Bonchev–Trinajstić information content (AvgIpc) is 2.12. The van der Waals surface area contributed by atoms with Gasteiger partial charge in [-0.1, -0.05) is 27.5 Å². The molecule has 0 radical (unpaired) electrons. The van der Waals surface area contributed by atoms with E-state index >= 15 is 0 Å². The predicted molar refractivity (Wildman–Crippen MR) is 52.0 cm³/mol. The van der Waals surface area contributed by atoms with Gasteiger partial charge in [-0.25, -0.2) is 13.2 Å². The van der Waals surface area contributed by atoms with Crippen LogP contribution in [0.5, 0.6) is 0 Å². The van der Waals surface area contributed by atoms with Crippen molar-refractivity contribution in [2.24, 2.45) is 5.73 Å². The summed E-state index contributed by atoms with van der Waals surface area (Å²) >= 11 is 8.38. The highest BCUT2D eigenvalue weighted by molar-refractivity contribution is 9.10. The largest absolute Gasteiger partial charge is 0.319 e. The molecule has 1 unspecified atom stereocenters. The second kappa shape index (κ2) is 4.51. The normalized spacial score (nSPS) is 13.4. The van der Waals surface area contributed by atoms with Crippen LogP contribution in [0.15, 0.2) is 16.6 Å². The van der Waals surface area contributed by atoms with Gasteiger partial charge in [-0.2, -0.15) is 0 Å². The molecule has 1 nitrogen and oxygen atoms in total. The molecule has 0 aromatic heterocycles. The Morgan fingerprint density at radius 3 is 2.43 bits per heavy atom. The summed E-state index contributed by atoms with van der Waals surface area (Å²) in [6.45, 7) is 0. The van der Waals surface area contributed by atoms with Crippen LogP contribution in [-0.4, -0.2) is 6.43 Å². The van der Waals surface area contributed by atoms with Gasteiger partial charge in [-0.05, 0) is 12.1 Å². The Bertz CT molecular complexity index is 346. The molecule has 6 heteroatoms. The summed E-state index contributed by atoms with van der Waals surface area (Å²) in [6, 6.07) is 0.967. The molecule has 0 spiro atoms. The lowest BCUT2D eigenvalue weighted by Gasteiger charge is -2.14. The van der Waals surface area contributed by atoms with Crippen molar-refractivity contribution in [1.29, 1.82) is 0 Å². The van der Waals surface area contributed by atoms with Crippen molar-refractivity contribution in [3.05, 3.63) is 33.0 Å². The Balaban J connectivity index is 3.25. The van der Waals surface area contributed by atoms with Crippen LogP contribution in [0.25, 0.3) is 0 Å². The monoisotopic (exact) mass is 287 g/mol. The van der Waals surface area contributed by atoms with Crippen molar-refractivity contribution in [2.45, 2.75) is 12.5 Å². The molecule has 0 heterocycles. The molecule has 0 fully saturated rings. The van der Waals surface area contributed by atoms with Gasteiger partial charge < -0.3 is 5.73 Å². The molecular weight excluding hydrogens is 282 g/mol. The number of rotatable bonds is 2. The number of halogens is 5. The van der Waals surface area contributed by atoms with Crippen LogP contribution in [-0.2, 0) is 0 Å². The molecule has 1 atom stereocenters. The fourth-order valence-corrected chi connectivity index (χ4v) is 1.71. The zero-order chi connectivity index (χ0) is 10.9. The third-order valence-corrected chi connectivity index (χ3v) is 2.67. The average molecular weight is 288 g/mol. The number of hydrogen-bond acceptors (Lipinski definition) is 1. The lowest BCUT2D eigenvalue weighted by atomic mass is 10.1. The summed E-state index contributed by atoms with van der Waals surface area (Å²) < 4.78 is 38.0. The molecule has 0 aliphatic rings. The van der Waals surface area contributed by atoms with Crippen molar-refractivity contribution >= 4 is 27.5 Å². The summed E-state index contributed by atoms with van der Waals surface area (Å²) in [5.74, 6) is -0.908. The first-order valence-corrected chi connectivity index (χ1v) is 4.79. The number of benzene rings is 1. The molecular formula is C8H6BrClF3N. The lowest BCUT2D eigenvalue weighted by Crippen LogP contribution is -2.21. The molecule has 0 saturated carbocycles. The van der Waals surface area contributed by atoms with Crippen molar-refractivity contribution in [3.63, 3.8) is 0 Å². The van der Waals surface area contributed by atoms with E-state index < -0.39 is 18.3 Å². The molecule has 0 saturated heterocycles. The molecule has 2 N–H and O–H groups in total. The highest BCUT2D eigenvalue weighted by atomic mass is 79.9. The summed E-state index contributed by atoms with van der Waals surface area (Å²) in [6.07, 6.45) is -2.83. The van der Waals surface area contributed by atoms with E-state index in [1.54, 1.807) is 0 Å². The Labute approximate surface area is 92.2 Å². The van der Waals surface area contributed by atoms with Crippen LogP contribution in [0.1, 0.15) is 11.6 Å². The quantitative estimate of drug-likeness (QED) is 0.828. The van der Waals surface area contributed by atoms with E-state index in [0.717, 1.165) is 0 Å². The minimum absolute atomic E-state index is 0.187. The van der Waals surface area contributed by atoms with E-state index in [-0.39, 0.29) is 15.1 Å². The third-order valence-electron chi connectivity index (χ3n) is 1.68. The minimum Gasteiger partial charge on any atom is -0.319 e. The van der Waals surface area contributed by atoms with Crippen molar-refractivity contribution < 1.29 is 13.2 Å². The van der Waals surface area contributed by atoms with Crippen molar-refractivity contribution in [1.82, 2.24) is 0 Å². The van der Waals surface area contributed by atoms with Crippen LogP contribution in [0.2, 0.25) is 5.02 Å². The standard InChI is InChI=1S/C8H6BrClF3N/c9-3-1-2-4(10)6(11)5(3)7(14)8(12)13/h1-2,7-8H,14H2. The summed E-state index contributed by atoms with van der Waals surface area (Å²) in [5, 5.41) is -0.223. The van der Waals surface area contributed by atoms with Gasteiger partial charge in [0.25, 0.3) is 6.43 Å². The van der Waals surface area contributed by atoms with Gasteiger partial charge in [0.15, 0.2) is 0 Å². The van der Waals surface area contributed by atoms with E-state index in [4.69, 9.17) is 17.3 Å². The van der Waals surface area contributed by atoms with Crippen molar-refractivity contribution in [2.75, 3.05) is 0 Å². The summed E-state index contributed by atoms with van der Waals surface area (Å²) in [5.41, 5.74) is 4.83. The van der Waals surface area contributed by atoms with Crippen LogP contribution in [0, 0.1) is 5.82 Å². The molecule has 1 rings (SSSR count). The lowest BCUT2D eigenvalue weighted by molar-refractivity contribution is 0.114. The maximum Gasteiger partial charge on any atom is 0.257 e. The van der Waals surface area contributed by atoms with Gasteiger partial charge in [-0.3, -0.25) is 0 Å². The topological polar surface area (TPSA) is 26.0 Å². The maximum atomic E-state index is 13.3. The van der Waals surface area contributed by atoms with Crippen molar-refractivity contribution in [3.8, 4) is 0 Å². The van der Waals surface area contributed by atoms with Gasteiger partial charge in [0.1, 0.15) is 5.82 Å². The second-order valence-corrected chi connectivity index (χ2v) is 3.88. The smallest absolute Gasteiger partial charge is 0.257 e. The Morgan fingerprint density at radius 1 is 1.36 bits per heavy atom. The maximum absolute atomic E-state index is 13.3. The highest BCUT2D eigenvalue weighted by Crippen LogP contribution is 2.32. The molecule has 0 aliphatic heterocycles. The molecule has 14 heavy (non-hydrogen) atoms. The SMILES string of the molecule is NC(c1c(Br)ccc(Cl)c1F)C(F)F. The fourth-order valence-electron chi connectivity index (χ4n) is 0.974. The number of alkyl halides is 2. The highest BCUT2D eigenvalue weighted by Gasteiger charge is 2.24. The first-order valence-electron chi connectivity index (χ1n) is 3.62. The van der Waals surface area contributed by atoms with E-state index in [1.807, 2.05) is 0 Å². The predicted octanol–water partition coefficient (Wildman–Crippen LogP) is 3.51. The van der Waals surface area contributed by atoms with Crippen LogP contribution < -0.4 is 5.73 Å². The zero-order valence-corrected chi connectivity index (χ0v) is 9.12. The van der Waals surface area contributed by atoms with Crippen LogP contribution in [0.3, 0.4) is 0 Å². The van der Waals surface area contributed by atoms with E-state index in [1.165, 1.54) is 12.1 Å². The molecule has 1 aromatic rings. The minimum atomic E-state index is -2.83.